The van der Waals surface area contributed by atoms with Crippen LogP contribution < -0.4 is 14.4 Å². The molecule has 28 heavy (non-hydrogen) atoms. The Labute approximate surface area is 170 Å². The number of halogens is 1. The maximum atomic E-state index is 13.0. The molecule has 0 saturated carbocycles. The number of carbonyl (C=O) groups excluding carboxylic acids is 1. The minimum atomic E-state index is -0.993. The molecule has 0 spiro atoms. The molecule has 3 rings (SSSR count). The van der Waals surface area contributed by atoms with Gasteiger partial charge in [0.15, 0.2) is 11.4 Å². The number of aromatic nitrogens is 2. The summed E-state index contributed by atoms with van der Waals surface area (Å²) in [4.78, 5) is 25.2. The van der Waals surface area contributed by atoms with Crippen molar-refractivity contribution in [1.82, 2.24) is 14.9 Å². The molecule has 1 unspecified atom stereocenters. The van der Waals surface area contributed by atoms with E-state index >= 15 is 0 Å². The normalized spacial score (nSPS) is 16.8. The Morgan fingerprint density at radius 1 is 1.25 bits per heavy atom. The standard InChI is InChI=1S/C20H25ClN4O3/c1-20(2,28-15-7-5-14(21)6-8-15)19(26)25-10-9-16(13-25)27-18-12-22-11-17(23-18)24(3)4/h5-8,11-12,16H,9-10,13H2,1-4H3. The summed E-state index contributed by atoms with van der Waals surface area (Å²) in [7, 11) is 3.79. The number of rotatable bonds is 6. The lowest BCUT2D eigenvalue weighted by Crippen LogP contribution is -2.48. The quantitative estimate of drug-likeness (QED) is 0.737. The number of ether oxygens (including phenoxy) is 2. The maximum absolute atomic E-state index is 13.0. The van der Waals surface area contributed by atoms with Gasteiger partial charge >= 0.3 is 0 Å². The van der Waals surface area contributed by atoms with E-state index in [0.717, 1.165) is 12.2 Å². The third kappa shape index (κ3) is 4.84. The molecule has 150 valence electrons. The number of hydrogen-bond acceptors (Lipinski definition) is 6. The summed E-state index contributed by atoms with van der Waals surface area (Å²) in [6.45, 7) is 4.63. The molecule has 2 aromatic rings. The first-order valence-corrected chi connectivity index (χ1v) is 9.52. The largest absolute Gasteiger partial charge is 0.478 e. The first-order chi connectivity index (χ1) is 13.2. The molecule has 1 aromatic carbocycles. The van der Waals surface area contributed by atoms with Crippen molar-refractivity contribution in [2.75, 3.05) is 32.1 Å². The van der Waals surface area contributed by atoms with E-state index < -0.39 is 5.60 Å². The zero-order chi connectivity index (χ0) is 20.3. The second-order valence-corrected chi connectivity index (χ2v) is 7.89. The lowest BCUT2D eigenvalue weighted by molar-refractivity contribution is -0.144. The Morgan fingerprint density at radius 2 is 1.96 bits per heavy atom. The average molecular weight is 405 g/mol. The van der Waals surface area contributed by atoms with Crippen LogP contribution in [0.3, 0.4) is 0 Å². The van der Waals surface area contributed by atoms with Crippen LogP contribution in [0.5, 0.6) is 11.6 Å². The van der Waals surface area contributed by atoms with Crippen LogP contribution in [-0.2, 0) is 4.79 Å². The number of amides is 1. The number of benzene rings is 1. The first kappa shape index (κ1) is 20.2. The van der Waals surface area contributed by atoms with Crippen molar-refractivity contribution < 1.29 is 14.3 Å². The zero-order valence-corrected chi connectivity index (χ0v) is 17.3. The number of likely N-dealkylation sites (tertiary alicyclic amines) is 1. The lowest BCUT2D eigenvalue weighted by atomic mass is 10.1. The Bertz CT molecular complexity index is 826. The summed E-state index contributed by atoms with van der Waals surface area (Å²) >= 11 is 5.90. The summed E-state index contributed by atoms with van der Waals surface area (Å²) in [5, 5.41) is 0.623. The van der Waals surface area contributed by atoms with Crippen molar-refractivity contribution >= 4 is 23.3 Å². The summed E-state index contributed by atoms with van der Waals surface area (Å²) < 4.78 is 11.8. The monoisotopic (exact) mass is 404 g/mol. The van der Waals surface area contributed by atoms with Gasteiger partial charge < -0.3 is 19.3 Å². The predicted molar refractivity (Wildman–Crippen MR) is 108 cm³/mol. The number of carbonyl (C=O) groups is 1. The molecule has 1 aliphatic rings. The van der Waals surface area contributed by atoms with E-state index in [1.54, 1.807) is 55.4 Å². The third-order valence-electron chi connectivity index (χ3n) is 4.48. The molecule has 1 aliphatic heterocycles. The zero-order valence-electron chi connectivity index (χ0n) is 16.6. The van der Waals surface area contributed by atoms with Crippen molar-refractivity contribution in [3.8, 4) is 11.6 Å². The molecule has 1 amide bonds. The number of hydrogen-bond donors (Lipinski definition) is 0. The lowest BCUT2D eigenvalue weighted by Gasteiger charge is -2.30. The molecule has 8 heteroatoms. The summed E-state index contributed by atoms with van der Waals surface area (Å²) in [6.07, 6.45) is 3.87. The van der Waals surface area contributed by atoms with E-state index in [1.807, 2.05) is 19.0 Å². The average Bonchev–Trinajstić information content (AvgIpc) is 3.11. The summed E-state index contributed by atoms with van der Waals surface area (Å²) in [5.41, 5.74) is -0.993. The van der Waals surface area contributed by atoms with Gasteiger partial charge in [-0.2, -0.15) is 4.98 Å². The molecule has 2 heterocycles. The molecule has 0 N–H and O–H groups in total. The summed E-state index contributed by atoms with van der Waals surface area (Å²) in [6, 6.07) is 6.98. The Hall–Kier alpha value is -2.54. The number of nitrogens with zero attached hydrogens (tertiary/aromatic N) is 4. The van der Waals surface area contributed by atoms with Gasteiger partial charge in [0.05, 0.1) is 18.9 Å². The fraction of sp³-hybridized carbons (Fsp3) is 0.450. The molecule has 1 atom stereocenters. The van der Waals surface area contributed by atoms with E-state index in [0.29, 0.717) is 29.7 Å². The van der Waals surface area contributed by atoms with Gasteiger partial charge in [0.1, 0.15) is 11.9 Å². The van der Waals surface area contributed by atoms with E-state index in [9.17, 15) is 4.79 Å². The highest BCUT2D eigenvalue weighted by Crippen LogP contribution is 2.25. The van der Waals surface area contributed by atoms with Crippen LogP contribution in [0.4, 0.5) is 5.82 Å². The second kappa shape index (κ2) is 8.22. The first-order valence-electron chi connectivity index (χ1n) is 9.14. The van der Waals surface area contributed by atoms with Crippen LogP contribution in [0.25, 0.3) is 0 Å². The van der Waals surface area contributed by atoms with Crippen LogP contribution in [0, 0.1) is 0 Å². The third-order valence-corrected chi connectivity index (χ3v) is 4.73. The van der Waals surface area contributed by atoms with Crippen molar-refractivity contribution in [2.45, 2.75) is 32.0 Å². The van der Waals surface area contributed by atoms with Gasteiger partial charge in [-0.05, 0) is 38.1 Å². The fourth-order valence-electron chi connectivity index (χ4n) is 3.01. The maximum Gasteiger partial charge on any atom is 0.266 e. The van der Waals surface area contributed by atoms with Gasteiger partial charge in [-0.3, -0.25) is 9.78 Å². The van der Waals surface area contributed by atoms with Crippen LogP contribution in [0.1, 0.15) is 20.3 Å². The molecule has 7 nitrogen and oxygen atoms in total. The van der Waals surface area contributed by atoms with E-state index in [-0.39, 0.29) is 12.0 Å². The highest BCUT2D eigenvalue weighted by molar-refractivity contribution is 6.30. The highest BCUT2D eigenvalue weighted by Gasteiger charge is 2.38. The van der Waals surface area contributed by atoms with Gasteiger partial charge in [0.25, 0.3) is 5.91 Å². The molecule has 0 aliphatic carbocycles. The second-order valence-electron chi connectivity index (χ2n) is 7.46. The molecular weight excluding hydrogens is 380 g/mol. The van der Waals surface area contributed by atoms with Crippen molar-refractivity contribution in [3.63, 3.8) is 0 Å². The molecule has 0 bridgehead atoms. The van der Waals surface area contributed by atoms with Crippen LogP contribution in [0.15, 0.2) is 36.7 Å². The van der Waals surface area contributed by atoms with Gasteiger partial charge in [-0.25, -0.2) is 0 Å². The van der Waals surface area contributed by atoms with E-state index in [1.165, 1.54) is 0 Å². The molecule has 1 saturated heterocycles. The number of anilines is 1. The topological polar surface area (TPSA) is 67.8 Å². The van der Waals surface area contributed by atoms with Crippen LogP contribution in [0.2, 0.25) is 5.02 Å². The SMILES string of the molecule is CN(C)c1cncc(OC2CCN(C(=O)C(C)(C)Oc3ccc(Cl)cc3)C2)n1. The van der Waals surface area contributed by atoms with Gasteiger partial charge in [-0.1, -0.05) is 11.6 Å². The molecule has 1 aromatic heterocycles. The van der Waals surface area contributed by atoms with Crippen molar-refractivity contribution in [2.24, 2.45) is 0 Å². The molecule has 1 fully saturated rings. The summed E-state index contributed by atoms with van der Waals surface area (Å²) in [5.74, 6) is 1.70. The molecule has 0 radical (unpaired) electrons. The van der Waals surface area contributed by atoms with Crippen LogP contribution in [-0.4, -0.2) is 59.7 Å². The minimum absolute atomic E-state index is 0.0818. The highest BCUT2D eigenvalue weighted by atomic mass is 35.5. The molecular formula is C20H25ClN4O3. The van der Waals surface area contributed by atoms with Crippen molar-refractivity contribution in [3.05, 3.63) is 41.7 Å². The Kier molecular flexibility index (Phi) is 5.93. The van der Waals surface area contributed by atoms with E-state index in [2.05, 4.69) is 9.97 Å². The van der Waals surface area contributed by atoms with Crippen molar-refractivity contribution in [1.29, 1.82) is 0 Å². The van der Waals surface area contributed by atoms with E-state index in [4.69, 9.17) is 21.1 Å². The Morgan fingerprint density at radius 3 is 2.64 bits per heavy atom. The smallest absolute Gasteiger partial charge is 0.266 e. The fourth-order valence-corrected chi connectivity index (χ4v) is 3.14. The Balaban J connectivity index is 1.60. The predicted octanol–water partition coefficient (Wildman–Crippen LogP) is 3.03. The van der Waals surface area contributed by atoms with Crippen LogP contribution >= 0.6 is 11.6 Å². The minimum Gasteiger partial charge on any atom is -0.478 e. The van der Waals surface area contributed by atoms with Gasteiger partial charge in [-0.15, -0.1) is 0 Å². The van der Waals surface area contributed by atoms with Gasteiger partial charge in [0.2, 0.25) is 5.88 Å². The van der Waals surface area contributed by atoms with Gasteiger partial charge in [0, 0.05) is 32.1 Å².